The maximum atomic E-state index is 12.1. The standard InChI is InChI=1S/C14H13BrN2O2/c1-8-7-9(5-6-11(8)16)14(19)17-12-4-2-3-10(15)13(12)18/h2-7,18H,16H2,1H3,(H,17,19). The molecule has 0 heterocycles. The largest absolute Gasteiger partial charge is 0.505 e. The number of phenols is 1. The Morgan fingerprint density at radius 3 is 2.74 bits per heavy atom. The van der Waals surface area contributed by atoms with E-state index in [2.05, 4.69) is 21.2 Å². The first-order valence-electron chi connectivity index (χ1n) is 5.64. The van der Waals surface area contributed by atoms with Crippen LogP contribution in [-0.4, -0.2) is 11.0 Å². The lowest BCUT2D eigenvalue weighted by Gasteiger charge is -2.09. The highest BCUT2D eigenvalue weighted by Crippen LogP contribution is 2.31. The maximum absolute atomic E-state index is 12.1. The Balaban J connectivity index is 2.26. The van der Waals surface area contributed by atoms with Crippen molar-refractivity contribution in [1.82, 2.24) is 0 Å². The van der Waals surface area contributed by atoms with Gasteiger partial charge in [-0.05, 0) is 58.7 Å². The Hall–Kier alpha value is -2.01. The number of hydrogen-bond donors (Lipinski definition) is 3. The SMILES string of the molecule is Cc1cc(C(=O)Nc2cccc(Br)c2O)ccc1N. The lowest BCUT2D eigenvalue weighted by Crippen LogP contribution is -2.12. The summed E-state index contributed by atoms with van der Waals surface area (Å²) in [6, 6.07) is 10.1. The minimum atomic E-state index is -0.295. The molecule has 0 spiro atoms. The highest BCUT2D eigenvalue weighted by molar-refractivity contribution is 9.10. The zero-order valence-electron chi connectivity index (χ0n) is 10.3. The number of carbonyl (C=O) groups is 1. The number of rotatable bonds is 2. The van der Waals surface area contributed by atoms with Gasteiger partial charge in [0.15, 0.2) is 5.75 Å². The third-order valence-corrected chi connectivity index (χ3v) is 3.41. The smallest absolute Gasteiger partial charge is 0.255 e. The van der Waals surface area contributed by atoms with E-state index in [9.17, 15) is 9.90 Å². The summed E-state index contributed by atoms with van der Waals surface area (Å²) < 4.78 is 0.527. The predicted octanol–water partition coefficient (Wildman–Crippen LogP) is 3.30. The van der Waals surface area contributed by atoms with Crippen molar-refractivity contribution in [3.63, 3.8) is 0 Å². The summed E-state index contributed by atoms with van der Waals surface area (Å²) in [7, 11) is 0. The predicted molar refractivity (Wildman–Crippen MR) is 79.4 cm³/mol. The second-order valence-corrected chi connectivity index (χ2v) is 5.02. The molecule has 1 amide bonds. The number of nitrogen functional groups attached to an aromatic ring is 1. The fourth-order valence-electron chi connectivity index (χ4n) is 1.63. The molecular formula is C14H13BrN2O2. The fourth-order valence-corrected chi connectivity index (χ4v) is 1.99. The molecule has 2 aromatic rings. The summed E-state index contributed by atoms with van der Waals surface area (Å²) >= 11 is 3.20. The van der Waals surface area contributed by atoms with Gasteiger partial charge in [0.25, 0.3) is 5.91 Å². The number of benzene rings is 2. The van der Waals surface area contributed by atoms with E-state index in [-0.39, 0.29) is 11.7 Å². The first kappa shape index (κ1) is 13.4. The number of anilines is 2. The Kier molecular flexibility index (Phi) is 3.76. The highest BCUT2D eigenvalue weighted by Gasteiger charge is 2.11. The number of phenolic OH excluding ortho intramolecular Hbond substituents is 1. The van der Waals surface area contributed by atoms with E-state index in [1.54, 1.807) is 36.4 Å². The molecule has 2 aromatic carbocycles. The topological polar surface area (TPSA) is 75.3 Å². The maximum Gasteiger partial charge on any atom is 0.255 e. The molecule has 4 N–H and O–H groups in total. The average molecular weight is 321 g/mol. The molecule has 0 bridgehead atoms. The number of aryl methyl sites for hydroxylation is 1. The molecule has 0 aromatic heterocycles. The van der Waals surface area contributed by atoms with Crippen molar-refractivity contribution in [2.75, 3.05) is 11.1 Å². The molecule has 0 fully saturated rings. The van der Waals surface area contributed by atoms with Gasteiger partial charge in [-0.25, -0.2) is 0 Å². The van der Waals surface area contributed by atoms with Crippen LogP contribution in [0.4, 0.5) is 11.4 Å². The number of amides is 1. The van der Waals surface area contributed by atoms with Crippen molar-refractivity contribution in [3.8, 4) is 5.75 Å². The van der Waals surface area contributed by atoms with Crippen LogP contribution in [0.15, 0.2) is 40.9 Å². The van der Waals surface area contributed by atoms with Crippen molar-refractivity contribution in [2.24, 2.45) is 0 Å². The molecule has 0 atom stereocenters. The van der Waals surface area contributed by atoms with Gasteiger partial charge < -0.3 is 16.2 Å². The zero-order chi connectivity index (χ0) is 14.0. The number of hydrogen-bond acceptors (Lipinski definition) is 3. The van der Waals surface area contributed by atoms with E-state index in [1.807, 2.05) is 6.92 Å². The quantitative estimate of drug-likeness (QED) is 0.587. The van der Waals surface area contributed by atoms with Crippen molar-refractivity contribution < 1.29 is 9.90 Å². The first-order chi connectivity index (χ1) is 8.99. The second kappa shape index (κ2) is 5.32. The number of para-hydroxylation sites is 1. The van der Waals surface area contributed by atoms with Crippen molar-refractivity contribution in [1.29, 1.82) is 0 Å². The van der Waals surface area contributed by atoms with Gasteiger partial charge in [-0.2, -0.15) is 0 Å². The Morgan fingerprint density at radius 1 is 1.32 bits per heavy atom. The molecule has 0 saturated heterocycles. The summed E-state index contributed by atoms with van der Waals surface area (Å²) in [6.07, 6.45) is 0. The molecule has 0 aliphatic heterocycles. The molecule has 0 aliphatic rings. The van der Waals surface area contributed by atoms with Gasteiger partial charge in [-0.15, -0.1) is 0 Å². The van der Waals surface area contributed by atoms with Crippen LogP contribution in [-0.2, 0) is 0 Å². The average Bonchev–Trinajstić information content (AvgIpc) is 2.38. The number of nitrogens with two attached hydrogens (primary N) is 1. The summed E-state index contributed by atoms with van der Waals surface area (Å²) in [5.41, 5.74) is 8.03. The van der Waals surface area contributed by atoms with Gasteiger partial charge >= 0.3 is 0 Å². The van der Waals surface area contributed by atoms with Gasteiger partial charge in [-0.3, -0.25) is 4.79 Å². The summed E-state index contributed by atoms with van der Waals surface area (Å²) in [5, 5.41) is 12.5. The molecule has 19 heavy (non-hydrogen) atoms. The van der Waals surface area contributed by atoms with Crippen LogP contribution in [0.3, 0.4) is 0 Å². The van der Waals surface area contributed by atoms with E-state index in [4.69, 9.17) is 5.73 Å². The van der Waals surface area contributed by atoms with Crippen LogP contribution < -0.4 is 11.1 Å². The lowest BCUT2D eigenvalue weighted by atomic mass is 10.1. The lowest BCUT2D eigenvalue weighted by molar-refractivity contribution is 0.102. The molecular weight excluding hydrogens is 308 g/mol. The summed E-state index contributed by atoms with van der Waals surface area (Å²) in [5.74, 6) is -0.292. The normalized spacial score (nSPS) is 10.2. The van der Waals surface area contributed by atoms with Gasteiger partial charge in [-0.1, -0.05) is 6.07 Å². The van der Waals surface area contributed by atoms with Crippen LogP contribution >= 0.6 is 15.9 Å². The Labute approximate surface area is 119 Å². The minimum absolute atomic E-state index is 0.00279. The molecule has 5 heteroatoms. The van der Waals surface area contributed by atoms with Crippen LogP contribution in [0.25, 0.3) is 0 Å². The molecule has 98 valence electrons. The van der Waals surface area contributed by atoms with Crippen LogP contribution in [0.2, 0.25) is 0 Å². The van der Waals surface area contributed by atoms with Crippen LogP contribution in [0, 0.1) is 6.92 Å². The minimum Gasteiger partial charge on any atom is -0.505 e. The van der Waals surface area contributed by atoms with Crippen LogP contribution in [0.1, 0.15) is 15.9 Å². The second-order valence-electron chi connectivity index (χ2n) is 4.16. The molecule has 0 saturated carbocycles. The van der Waals surface area contributed by atoms with Gasteiger partial charge in [0.2, 0.25) is 0 Å². The Morgan fingerprint density at radius 2 is 2.05 bits per heavy atom. The van der Waals surface area contributed by atoms with Gasteiger partial charge in [0.05, 0.1) is 10.2 Å². The molecule has 2 rings (SSSR count). The summed E-state index contributed by atoms with van der Waals surface area (Å²) in [6.45, 7) is 1.84. The number of nitrogens with one attached hydrogen (secondary N) is 1. The van der Waals surface area contributed by atoms with Crippen molar-refractivity contribution in [3.05, 3.63) is 52.0 Å². The third-order valence-electron chi connectivity index (χ3n) is 2.77. The molecule has 0 radical (unpaired) electrons. The van der Waals surface area contributed by atoms with Gasteiger partial charge in [0.1, 0.15) is 0 Å². The highest BCUT2D eigenvalue weighted by atomic mass is 79.9. The van der Waals surface area contributed by atoms with E-state index >= 15 is 0 Å². The summed E-state index contributed by atoms with van der Waals surface area (Å²) in [4.78, 5) is 12.1. The molecule has 0 aliphatic carbocycles. The van der Waals surface area contributed by atoms with E-state index in [1.165, 1.54) is 0 Å². The first-order valence-corrected chi connectivity index (χ1v) is 6.43. The van der Waals surface area contributed by atoms with E-state index in [0.717, 1.165) is 5.56 Å². The fraction of sp³-hybridized carbons (Fsp3) is 0.0714. The van der Waals surface area contributed by atoms with Gasteiger partial charge in [0, 0.05) is 11.3 Å². The third kappa shape index (κ3) is 2.88. The molecule has 0 unspecified atom stereocenters. The van der Waals surface area contributed by atoms with E-state index in [0.29, 0.717) is 21.4 Å². The monoisotopic (exact) mass is 320 g/mol. The van der Waals surface area contributed by atoms with Crippen LogP contribution in [0.5, 0.6) is 5.75 Å². The van der Waals surface area contributed by atoms with Crippen molar-refractivity contribution in [2.45, 2.75) is 6.92 Å². The van der Waals surface area contributed by atoms with E-state index < -0.39 is 0 Å². The zero-order valence-corrected chi connectivity index (χ0v) is 11.9. The number of halogens is 1. The number of aromatic hydroxyl groups is 1. The van der Waals surface area contributed by atoms with Crippen molar-refractivity contribution >= 4 is 33.2 Å². The Bertz CT molecular complexity index is 641. The number of carbonyl (C=O) groups excluding carboxylic acids is 1. The molecule has 4 nitrogen and oxygen atoms in total.